The van der Waals surface area contributed by atoms with Gasteiger partial charge in [-0.25, -0.2) is 0 Å². The van der Waals surface area contributed by atoms with E-state index >= 15 is 0 Å². The van der Waals surface area contributed by atoms with Crippen molar-refractivity contribution in [3.8, 4) is 5.69 Å². The van der Waals surface area contributed by atoms with E-state index in [4.69, 9.17) is 35.4 Å². The van der Waals surface area contributed by atoms with Crippen molar-refractivity contribution in [2.75, 3.05) is 0 Å². The predicted octanol–water partition coefficient (Wildman–Crippen LogP) is 4.91. The van der Waals surface area contributed by atoms with Crippen molar-refractivity contribution in [1.82, 2.24) is 9.55 Å². The second-order valence-electron chi connectivity index (χ2n) is 3.29. The lowest BCUT2D eigenvalue weighted by molar-refractivity contribution is 0.985. The van der Waals surface area contributed by atoms with Crippen LogP contribution >= 0.6 is 51.3 Å². The van der Waals surface area contributed by atoms with Gasteiger partial charge in [0.05, 0.1) is 15.7 Å². The Balaban J connectivity index is 2.79. The molecule has 0 saturated carbocycles. The molecule has 2 rings (SSSR count). The molecular weight excluding hydrogens is 331 g/mol. The number of nitrogens with one attached hydrogen (secondary N) is 1. The molecule has 0 radical (unpaired) electrons. The molecular formula is C10H7BrCl2N2S. The molecule has 0 bridgehead atoms. The van der Waals surface area contributed by atoms with Crippen molar-refractivity contribution < 1.29 is 0 Å². The van der Waals surface area contributed by atoms with E-state index < -0.39 is 0 Å². The molecule has 0 saturated heterocycles. The molecule has 2 nitrogen and oxygen atoms in total. The lowest BCUT2D eigenvalue weighted by Gasteiger charge is -2.10. The average Bonchev–Trinajstić information content (AvgIpc) is 2.47. The van der Waals surface area contributed by atoms with E-state index in [-0.39, 0.29) is 0 Å². The fraction of sp³-hybridized carbons (Fsp3) is 0.100. The van der Waals surface area contributed by atoms with Gasteiger partial charge < -0.3 is 4.98 Å². The van der Waals surface area contributed by atoms with Gasteiger partial charge >= 0.3 is 0 Å². The van der Waals surface area contributed by atoms with Crippen LogP contribution in [0.25, 0.3) is 5.69 Å². The van der Waals surface area contributed by atoms with Crippen LogP contribution in [0.5, 0.6) is 0 Å². The summed E-state index contributed by atoms with van der Waals surface area (Å²) in [4.78, 5) is 2.95. The van der Waals surface area contributed by atoms with Gasteiger partial charge in [0.2, 0.25) is 0 Å². The first-order valence-corrected chi connectivity index (χ1v) is 6.38. The van der Waals surface area contributed by atoms with E-state index in [0.29, 0.717) is 20.5 Å². The van der Waals surface area contributed by atoms with Gasteiger partial charge in [-0.3, -0.25) is 4.57 Å². The van der Waals surface area contributed by atoms with Crippen molar-refractivity contribution >= 4 is 51.3 Å². The highest BCUT2D eigenvalue weighted by atomic mass is 79.9. The molecule has 6 heteroatoms. The average molecular weight is 338 g/mol. The Labute approximate surface area is 116 Å². The summed E-state index contributed by atoms with van der Waals surface area (Å²) in [6, 6.07) is 3.58. The first kappa shape index (κ1) is 12.2. The van der Waals surface area contributed by atoms with E-state index in [1.807, 2.05) is 17.7 Å². The maximum absolute atomic E-state index is 6.17. The normalized spacial score (nSPS) is 10.8. The zero-order chi connectivity index (χ0) is 11.9. The quantitative estimate of drug-likeness (QED) is 0.733. The minimum atomic E-state index is 0.554. The molecule has 0 spiro atoms. The van der Waals surface area contributed by atoms with Crippen molar-refractivity contribution in [2.24, 2.45) is 0 Å². The van der Waals surface area contributed by atoms with Crippen molar-refractivity contribution in [2.45, 2.75) is 6.92 Å². The third kappa shape index (κ3) is 2.07. The van der Waals surface area contributed by atoms with Gasteiger partial charge in [0.15, 0.2) is 4.77 Å². The summed E-state index contributed by atoms with van der Waals surface area (Å²) < 4.78 is 3.22. The summed E-state index contributed by atoms with van der Waals surface area (Å²) >= 11 is 20.9. The zero-order valence-electron chi connectivity index (χ0n) is 8.22. The van der Waals surface area contributed by atoms with Crippen LogP contribution in [0.1, 0.15) is 5.69 Å². The largest absolute Gasteiger partial charge is 0.337 e. The summed E-state index contributed by atoms with van der Waals surface area (Å²) in [5.74, 6) is 0. The molecule has 0 fully saturated rings. The zero-order valence-corrected chi connectivity index (χ0v) is 12.1. The highest BCUT2D eigenvalue weighted by Gasteiger charge is 2.12. The molecule has 1 N–H and O–H groups in total. The van der Waals surface area contributed by atoms with E-state index in [1.54, 1.807) is 12.1 Å². The molecule has 0 unspecified atom stereocenters. The number of H-pyrrole nitrogens is 1. The van der Waals surface area contributed by atoms with E-state index in [2.05, 4.69) is 20.9 Å². The number of benzene rings is 1. The molecule has 84 valence electrons. The van der Waals surface area contributed by atoms with Crippen LogP contribution in [0.2, 0.25) is 10.0 Å². The molecule has 0 aliphatic carbocycles. The SMILES string of the molecule is Cc1c[nH]c(=S)n1-c1c(Cl)cc(Br)cc1Cl. The summed E-state index contributed by atoms with van der Waals surface area (Å²) in [5.41, 5.74) is 1.66. The standard InChI is InChI=1S/C10H7BrCl2N2S/c1-5-4-14-10(16)15(5)9-7(12)2-6(11)3-8(9)13/h2-4H,1H3,(H,14,16). The molecule has 2 aromatic rings. The van der Waals surface area contributed by atoms with Crippen LogP contribution in [0.4, 0.5) is 0 Å². The Kier molecular flexibility index (Phi) is 3.45. The van der Waals surface area contributed by atoms with Gasteiger partial charge in [0.25, 0.3) is 0 Å². The number of hydrogen-bond acceptors (Lipinski definition) is 1. The Bertz CT molecular complexity index is 580. The van der Waals surface area contributed by atoms with Crippen molar-refractivity contribution in [1.29, 1.82) is 0 Å². The lowest BCUT2D eigenvalue weighted by Crippen LogP contribution is -1.98. The van der Waals surface area contributed by atoms with Gasteiger partial charge in [-0.1, -0.05) is 39.1 Å². The summed E-state index contributed by atoms with van der Waals surface area (Å²) in [5, 5.41) is 1.11. The third-order valence-corrected chi connectivity index (χ3v) is 3.50. The van der Waals surface area contributed by atoms with Crippen LogP contribution < -0.4 is 0 Å². The molecule has 0 atom stereocenters. The topological polar surface area (TPSA) is 20.7 Å². The van der Waals surface area contributed by atoms with Crippen LogP contribution in [-0.2, 0) is 0 Å². The second kappa shape index (κ2) is 4.53. The molecule has 0 amide bonds. The number of aryl methyl sites for hydroxylation is 1. The summed E-state index contributed by atoms with van der Waals surface area (Å²) in [7, 11) is 0. The number of hydrogen-bond donors (Lipinski definition) is 1. The number of aromatic amines is 1. The Morgan fingerprint density at radius 3 is 2.31 bits per heavy atom. The van der Waals surface area contributed by atoms with E-state index in [9.17, 15) is 0 Å². The molecule has 1 heterocycles. The number of imidazole rings is 1. The number of halogens is 3. The molecule has 1 aromatic carbocycles. The Hall–Kier alpha value is -0.290. The number of nitrogens with zero attached hydrogens (tertiary/aromatic N) is 1. The van der Waals surface area contributed by atoms with Crippen molar-refractivity contribution in [3.05, 3.63) is 43.3 Å². The molecule has 0 aliphatic rings. The van der Waals surface area contributed by atoms with E-state index in [1.165, 1.54) is 0 Å². The summed E-state index contributed by atoms with van der Waals surface area (Å²) in [6.45, 7) is 1.93. The smallest absolute Gasteiger partial charge is 0.182 e. The minimum Gasteiger partial charge on any atom is -0.337 e. The van der Waals surface area contributed by atoms with Crippen LogP contribution in [0.15, 0.2) is 22.8 Å². The number of aromatic nitrogens is 2. The Morgan fingerprint density at radius 2 is 1.88 bits per heavy atom. The van der Waals surface area contributed by atoms with Crippen LogP contribution in [0.3, 0.4) is 0 Å². The predicted molar refractivity (Wildman–Crippen MR) is 73.4 cm³/mol. The first-order valence-electron chi connectivity index (χ1n) is 4.42. The first-order chi connectivity index (χ1) is 7.50. The van der Waals surface area contributed by atoms with Crippen LogP contribution in [0, 0.1) is 11.7 Å². The number of rotatable bonds is 1. The van der Waals surface area contributed by atoms with Crippen molar-refractivity contribution in [3.63, 3.8) is 0 Å². The highest BCUT2D eigenvalue weighted by Crippen LogP contribution is 2.33. The fourth-order valence-corrected chi connectivity index (χ4v) is 3.15. The monoisotopic (exact) mass is 336 g/mol. The third-order valence-electron chi connectivity index (χ3n) is 2.17. The molecule has 0 aliphatic heterocycles. The lowest BCUT2D eigenvalue weighted by atomic mass is 10.3. The van der Waals surface area contributed by atoms with Gasteiger partial charge in [-0.15, -0.1) is 0 Å². The maximum Gasteiger partial charge on any atom is 0.182 e. The van der Waals surface area contributed by atoms with Gasteiger partial charge in [-0.2, -0.15) is 0 Å². The minimum absolute atomic E-state index is 0.554. The summed E-state index contributed by atoms with van der Waals surface area (Å²) in [6.07, 6.45) is 1.82. The van der Waals surface area contributed by atoms with Gasteiger partial charge in [0, 0.05) is 16.4 Å². The van der Waals surface area contributed by atoms with Crippen LogP contribution in [-0.4, -0.2) is 9.55 Å². The maximum atomic E-state index is 6.17. The molecule has 16 heavy (non-hydrogen) atoms. The Morgan fingerprint density at radius 1 is 1.31 bits per heavy atom. The van der Waals surface area contributed by atoms with Gasteiger partial charge in [-0.05, 0) is 31.3 Å². The fourth-order valence-electron chi connectivity index (χ4n) is 1.48. The highest BCUT2D eigenvalue weighted by molar-refractivity contribution is 9.10. The van der Waals surface area contributed by atoms with E-state index in [0.717, 1.165) is 10.2 Å². The van der Waals surface area contributed by atoms with Gasteiger partial charge in [0.1, 0.15) is 0 Å². The second-order valence-corrected chi connectivity index (χ2v) is 5.41. The molecule has 1 aromatic heterocycles.